The summed E-state index contributed by atoms with van der Waals surface area (Å²) in [5.74, 6) is 1.80. The van der Waals surface area contributed by atoms with Crippen LogP contribution in [0.4, 0.5) is 0 Å². The van der Waals surface area contributed by atoms with Crippen molar-refractivity contribution in [2.75, 3.05) is 0 Å². The minimum absolute atomic E-state index is 0.586. The fourth-order valence-corrected chi connectivity index (χ4v) is 9.62. The van der Waals surface area contributed by atoms with E-state index in [-0.39, 0.29) is 0 Å². The van der Waals surface area contributed by atoms with Crippen LogP contribution in [-0.2, 0) is 0 Å². The smallest absolute Gasteiger partial charge is 0.164 e. The van der Waals surface area contributed by atoms with Crippen molar-refractivity contribution in [1.29, 1.82) is 0 Å². The lowest BCUT2D eigenvalue weighted by Crippen LogP contribution is -2.01. The molecule has 0 radical (unpaired) electrons. The molecule has 0 spiro atoms. The van der Waals surface area contributed by atoms with Crippen LogP contribution in [0.1, 0.15) is 11.1 Å². The van der Waals surface area contributed by atoms with Gasteiger partial charge in [0.1, 0.15) is 11.2 Å². The predicted molar refractivity (Wildman–Crippen MR) is 270 cm³/mol. The van der Waals surface area contributed by atoms with Crippen molar-refractivity contribution >= 4 is 43.5 Å². The van der Waals surface area contributed by atoms with Gasteiger partial charge in [-0.3, -0.25) is 0 Å². The maximum atomic E-state index is 6.64. The Bertz CT molecular complexity index is 3800. The topological polar surface area (TPSA) is 51.8 Å². The lowest BCUT2D eigenvalue weighted by molar-refractivity contribution is 0.669. The molecular weight excluding hydrogens is 791 g/mol. The Morgan fingerprint density at radius 3 is 1.65 bits per heavy atom. The predicted octanol–water partition coefficient (Wildman–Crippen LogP) is 16.4. The molecule has 0 bridgehead atoms. The number of rotatable bonds is 7. The maximum absolute atomic E-state index is 6.64. The zero-order chi connectivity index (χ0) is 43.4. The number of benzene rings is 10. The number of hydrogen-bond donors (Lipinski definition) is 0. The Morgan fingerprint density at radius 1 is 0.308 bits per heavy atom. The van der Waals surface area contributed by atoms with Crippen LogP contribution in [0.25, 0.3) is 122 Å². The molecule has 306 valence electrons. The summed E-state index contributed by atoms with van der Waals surface area (Å²) in [4.78, 5) is 15.8. The molecular formula is C61H41N3O. The molecule has 0 unspecified atom stereocenters. The molecule has 0 amide bonds. The summed E-state index contributed by atoms with van der Waals surface area (Å²) in [6.07, 6.45) is 0. The second-order valence-electron chi connectivity index (χ2n) is 16.8. The van der Waals surface area contributed by atoms with Gasteiger partial charge >= 0.3 is 0 Å². The lowest BCUT2D eigenvalue weighted by Gasteiger charge is -2.14. The Labute approximate surface area is 377 Å². The Morgan fingerprint density at radius 2 is 0.846 bits per heavy atom. The van der Waals surface area contributed by atoms with Crippen molar-refractivity contribution in [1.82, 2.24) is 15.0 Å². The quantitative estimate of drug-likeness (QED) is 0.161. The molecule has 10 aromatic carbocycles. The molecule has 2 heterocycles. The first-order chi connectivity index (χ1) is 32.0. The highest BCUT2D eigenvalue weighted by Gasteiger charge is 2.20. The van der Waals surface area contributed by atoms with Gasteiger partial charge in [0.15, 0.2) is 17.5 Å². The van der Waals surface area contributed by atoms with Gasteiger partial charge in [-0.05, 0) is 115 Å². The van der Waals surface area contributed by atoms with Crippen molar-refractivity contribution < 1.29 is 4.42 Å². The van der Waals surface area contributed by atoms with Gasteiger partial charge in [0.05, 0.1) is 0 Å². The average molecular weight is 832 g/mol. The molecule has 0 N–H and O–H groups in total. The zero-order valence-corrected chi connectivity index (χ0v) is 36.0. The first kappa shape index (κ1) is 38.2. The second kappa shape index (κ2) is 15.7. The summed E-state index contributed by atoms with van der Waals surface area (Å²) >= 11 is 0. The van der Waals surface area contributed by atoms with E-state index in [9.17, 15) is 0 Å². The summed E-state index contributed by atoms with van der Waals surface area (Å²) in [5.41, 5.74) is 16.3. The van der Waals surface area contributed by atoms with Gasteiger partial charge < -0.3 is 4.42 Å². The largest absolute Gasteiger partial charge is 0.456 e. The normalized spacial score (nSPS) is 11.5. The average Bonchev–Trinajstić information content (AvgIpc) is 3.75. The van der Waals surface area contributed by atoms with E-state index in [0.717, 1.165) is 66.1 Å². The molecule has 0 saturated carbocycles. The molecule has 0 aliphatic rings. The second-order valence-corrected chi connectivity index (χ2v) is 16.8. The molecule has 12 aromatic rings. The van der Waals surface area contributed by atoms with Crippen LogP contribution >= 0.6 is 0 Å². The summed E-state index contributed by atoms with van der Waals surface area (Å²) in [6, 6.07) is 74.9. The SMILES string of the molecule is Cc1ccccc1-c1cccc(-c2ccc(-c3cccc(-c4nc(-c5cccc6ccccc56)nc(-c5cccc6oc7cc(-c8cccc9ccccc89)ccc7c56)n4)c3)cc2)c1C. The van der Waals surface area contributed by atoms with Crippen LogP contribution in [-0.4, -0.2) is 15.0 Å². The van der Waals surface area contributed by atoms with Gasteiger partial charge in [0, 0.05) is 27.5 Å². The van der Waals surface area contributed by atoms with E-state index in [2.05, 4.69) is 214 Å². The van der Waals surface area contributed by atoms with E-state index in [1.165, 1.54) is 49.7 Å². The van der Waals surface area contributed by atoms with E-state index in [0.29, 0.717) is 17.5 Å². The molecule has 2 aromatic heterocycles. The van der Waals surface area contributed by atoms with E-state index >= 15 is 0 Å². The van der Waals surface area contributed by atoms with Crippen LogP contribution in [0, 0.1) is 13.8 Å². The van der Waals surface area contributed by atoms with Crippen molar-refractivity contribution in [3.63, 3.8) is 0 Å². The van der Waals surface area contributed by atoms with Gasteiger partial charge in [-0.1, -0.05) is 188 Å². The highest BCUT2D eigenvalue weighted by molar-refractivity contribution is 6.13. The molecule has 0 saturated heterocycles. The van der Waals surface area contributed by atoms with E-state index in [1.807, 2.05) is 12.1 Å². The van der Waals surface area contributed by atoms with Crippen LogP contribution in [0.15, 0.2) is 217 Å². The summed E-state index contributed by atoms with van der Waals surface area (Å²) in [7, 11) is 0. The molecule has 4 nitrogen and oxygen atoms in total. The van der Waals surface area contributed by atoms with E-state index in [4.69, 9.17) is 19.4 Å². The van der Waals surface area contributed by atoms with Gasteiger partial charge in [0.25, 0.3) is 0 Å². The summed E-state index contributed by atoms with van der Waals surface area (Å²) in [6.45, 7) is 4.40. The van der Waals surface area contributed by atoms with Crippen LogP contribution < -0.4 is 0 Å². The third-order valence-electron chi connectivity index (χ3n) is 12.9. The third kappa shape index (κ3) is 6.75. The van der Waals surface area contributed by atoms with Crippen molar-refractivity contribution in [3.05, 3.63) is 223 Å². The molecule has 4 heteroatoms. The summed E-state index contributed by atoms with van der Waals surface area (Å²) < 4.78 is 6.64. The molecule has 0 atom stereocenters. The van der Waals surface area contributed by atoms with Gasteiger partial charge in [-0.2, -0.15) is 0 Å². The lowest BCUT2D eigenvalue weighted by atomic mass is 9.90. The van der Waals surface area contributed by atoms with Gasteiger partial charge in [-0.15, -0.1) is 0 Å². The molecule has 0 aliphatic carbocycles. The van der Waals surface area contributed by atoms with Crippen molar-refractivity contribution in [3.8, 4) is 78.7 Å². The van der Waals surface area contributed by atoms with Gasteiger partial charge in [0.2, 0.25) is 0 Å². The Hall–Kier alpha value is -8.47. The highest BCUT2D eigenvalue weighted by atomic mass is 16.3. The minimum atomic E-state index is 0.586. The standard InChI is InChI=1S/C61H41N3O/c1-38-14-3-6-21-47(38)49-25-12-24-48(39(49)2)43-32-30-40(31-33-43)44-19-9-20-46(36-44)59-62-60(53-27-11-18-42-16-5-8-23-51(42)53)64-61(63-59)55-28-13-29-56-58(55)54-35-34-45(37-57(54)65-56)52-26-10-17-41-15-4-7-22-50(41)52/h3-37H,1-2H3. The number of furan rings is 1. The van der Waals surface area contributed by atoms with Crippen molar-refractivity contribution in [2.24, 2.45) is 0 Å². The number of fused-ring (bicyclic) bond motifs is 5. The van der Waals surface area contributed by atoms with Crippen LogP contribution in [0.3, 0.4) is 0 Å². The van der Waals surface area contributed by atoms with E-state index in [1.54, 1.807) is 0 Å². The molecule has 65 heavy (non-hydrogen) atoms. The Balaban J connectivity index is 0.968. The maximum Gasteiger partial charge on any atom is 0.164 e. The molecule has 0 aliphatic heterocycles. The van der Waals surface area contributed by atoms with Crippen LogP contribution in [0.5, 0.6) is 0 Å². The number of hydrogen-bond acceptors (Lipinski definition) is 4. The van der Waals surface area contributed by atoms with E-state index < -0.39 is 0 Å². The Kier molecular flexibility index (Phi) is 9.24. The third-order valence-corrected chi connectivity index (χ3v) is 12.9. The highest BCUT2D eigenvalue weighted by Crippen LogP contribution is 2.40. The minimum Gasteiger partial charge on any atom is -0.456 e. The fraction of sp³-hybridized carbons (Fsp3) is 0.0328. The molecule has 0 fully saturated rings. The first-order valence-electron chi connectivity index (χ1n) is 22.1. The molecule has 12 rings (SSSR count). The zero-order valence-electron chi connectivity index (χ0n) is 36.0. The van der Waals surface area contributed by atoms with Gasteiger partial charge in [-0.25, -0.2) is 15.0 Å². The number of nitrogens with zero attached hydrogens (tertiary/aromatic N) is 3. The summed E-state index contributed by atoms with van der Waals surface area (Å²) in [5, 5.41) is 6.61. The van der Waals surface area contributed by atoms with Crippen LogP contribution in [0.2, 0.25) is 0 Å². The number of aryl methyl sites for hydroxylation is 1. The van der Waals surface area contributed by atoms with Crippen molar-refractivity contribution in [2.45, 2.75) is 13.8 Å². The monoisotopic (exact) mass is 831 g/mol. The first-order valence-corrected chi connectivity index (χ1v) is 22.1. The number of aromatic nitrogens is 3. The fourth-order valence-electron chi connectivity index (χ4n) is 9.62.